The second-order valence-electron chi connectivity index (χ2n) is 7.57. The third-order valence-corrected chi connectivity index (χ3v) is 6.15. The van der Waals surface area contributed by atoms with Gasteiger partial charge in [0.2, 0.25) is 5.91 Å². The standard InChI is InChI=1S/C24H22ClN5O2S/c1-14(27-16(3)31)17-7-9-18(10-8-17)22-13-33-24(28-22)29-23(32)21-12-26-30(15(21)2)20-6-4-5-19(25)11-20/h4-14H,1-3H3,(H,27,31)(H,28,29,32). The van der Waals surface area contributed by atoms with E-state index in [2.05, 4.69) is 20.7 Å². The molecule has 4 rings (SSSR count). The molecule has 0 aliphatic rings. The second kappa shape index (κ2) is 9.56. The number of nitrogens with one attached hydrogen (secondary N) is 2. The lowest BCUT2D eigenvalue weighted by molar-refractivity contribution is -0.119. The summed E-state index contributed by atoms with van der Waals surface area (Å²) in [4.78, 5) is 28.6. The van der Waals surface area contributed by atoms with Crippen LogP contribution < -0.4 is 10.6 Å². The molecule has 2 heterocycles. The summed E-state index contributed by atoms with van der Waals surface area (Å²) in [5.41, 5.74) is 4.64. The molecule has 0 saturated carbocycles. The summed E-state index contributed by atoms with van der Waals surface area (Å²) in [5, 5.41) is 13.1. The molecular weight excluding hydrogens is 458 g/mol. The summed E-state index contributed by atoms with van der Waals surface area (Å²) in [5.74, 6) is -0.346. The first-order valence-corrected chi connectivity index (χ1v) is 11.5. The highest BCUT2D eigenvalue weighted by Crippen LogP contribution is 2.27. The Morgan fingerprint density at radius 2 is 1.91 bits per heavy atom. The minimum atomic E-state index is -0.277. The molecule has 1 atom stereocenters. The Morgan fingerprint density at radius 3 is 2.61 bits per heavy atom. The molecule has 4 aromatic rings. The second-order valence-corrected chi connectivity index (χ2v) is 8.87. The predicted octanol–water partition coefficient (Wildman–Crippen LogP) is 5.41. The minimum Gasteiger partial charge on any atom is -0.350 e. The third kappa shape index (κ3) is 5.13. The molecule has 0 aliphatic carbocycles. The summed E-state index contributed by atoms with van der Waals surface area (Å²) in [6, 6.07) is 15.0. The van der Waals surface area contributed by atoms with Crippen LogP contribution in [-0.4, -0.2) is 26.6 Å². The molecular formula is C24H22ClN5O2S. The molecule has 7 nitrogen and oxygen atoms in total. The summed E-state index contributed by atoms with van der Waals surface area (Å²) in [6.45, 7) is 5.27. The van der Waals surface area contributed by atoms with E-state index in [0.717, 1.165) is 22.5 Å². The predicted molar refractivity (Wildman–Crippen MR) is 131 cm³/mol. The highest BCUT2D eigenvalue weighted by molar-refractivity contribution is 7.14. The molecule has 0 spiro atoms. The number of carbonyl (C=O) groups excluding carboxylic acids is 2. The van der Waals surface area contributed by atoms with Crippen LogP contribution >= 0.6 is 22.9 Å². The van der Waals surface area contributed by atoms with Crippen molar-refractivity contribution < 1.29 is 9.59 Å². The molecule has 0 radical (unpaired) electrons. The lowest BCUT2D eigenvalue weighted by Gasteiger charge is -2.13. The number of halogens is 1. The highest BCUT2D eigenvalue weighted by atomic mass is 35.5. The molecule has 168 valence electrons. The Bertz CT molecular complexity index is 1310. The maximum Gasteiger partial charge on any atom is 0.260 e. The van der Waals surface area contributed by atoms with Gasteiger partial charge in [0.05, 0.1) is 34.9 Å². The van der Waals surface area contributed by atoms with Crippen LogP contribution in [0.15, 0.2) is 60.1 Å². The van der Waals surface area contributed by atoms with Crippen LogP contribution in [-0.2, 0) is 4.79 Å². The van der Waals surface area contributed by atoms with Gasteiger partial charge in [-0.25, -0.2) is 9.67 Å². The van der Waals surface area contributed by atoms with E-state index in [1.165, 1.54) is 24.5 Å². The van der Waals surface area contributed by atoms with Crippen molar-refractivity contribution in [2.45, 2.75) is 26.8 Å². The molecule has 0 saturated heterocycles. The zero-order chi connectivity index (χ0) is 23.5. The molecule has 2 N–H and O–H groups in total. The van der Waals surface area contributed by atoms with Crippen LogP contribution in [0.3, 0.4) is 0 Å². The van der Waals surface area contributed by atoms with Crippen molar-refractivity contribution in [3.8, 4) is 16.9 Å². The van der Waals surface area contributed by atoms with E-state index in [1.54, 1.807) is 16.8 Å². The number of benzene rings is 2. The van der Waals surface area contributed by atoms with Gasteiger partial charge in [0.1, 0.15) is 0 Å². The molecule has 2 aromatic heterocycles. The first kappa shape index (κ1) is 22.7. The van der Waals surface area contributed by atoms with Crippen LogP contribution in [0.25, 0.3) is 16.9 Å². The van der Waals surface area contributed by atoms with E-state index in [4.69, 9.17) is 11.6 Å². The Labute approximate surface area is 200 Å². The van der Waals surface area contributed by atoms with E-state index in [9.17, 15) is 9.59 Å². The summed E-state index contributed by atoms with van der Waals surface area (Å²) >= 11 is 7.43. The zero-order valence-electron chi connectivity index (χ0n) is 18.3. The molecule has 1 unspecified atom stereocenters. The Morgan fingerprint density at radius 1 is 1.15 bits per heavy atom. The first-order valence-electron chi connectivity index (χ1n) is 10.3. The summed E-state index contributed by atoms with van der Waals surface area (Å²) in [7, 11) is 0. The van der Waals surface area contributed by atoms with Crippen molar-refractivity contribution in [1.29, 1.82) is 0 Å². The lowest BCUT2D eigenvalue weighted by Crippen LogP contribution is -2.23. The van der Waals surface area contributed by atoms with Gasteiger partial charge >= 0.3 is 0 Å². The fourth-order valence-electron chi connectivity index (χ4n) is 3.46. The van der Waals surface area contributed by atoms with Crippen molar-refractivity contribution in [2.24, 2.45) is 0 Å². The topological polar surface area (TPSA) is 88.9 Å². The van der Waals surface area contributed by atoms with Crippen LogP contribution in [0, 0.1) is 6.92 Å². The molecule has 2 aromatic carbocycles. The van der Waals surface area contributed by atoms with Gasteiger partial charge in [-0.2, -0.15) is 5.10 Å². The van der Waals surface area contributed by atoms with Gasteiger partial charge < -0.3 is 5.32 Å². The highest BCUT2D eigenvalue weighted by Gasteiger charge is 2.17. The lowest BCUT2D eigenvalue weighted by atomic mass is 10.1. The monoisotopic (exact) mass is 479 g/mol. The summed E-state index contributed by atoms with van der Waals surface area (Å²) in [6.07, 6.45) is 1.54. The largest absolute Gasteiger partial charge is 0.350 e. The average Bonchev–Trinajstić information content (AvgIpc) is 3.40. The minimum absolute atomic E-state index is 0.0696. The number of amides is 2. The fraction of sp³-hybridized carbons (Fsp3) is 0.167. The quantitative estimate of drug-likeness (QED) is 0.387. The van der Waals surface area contributed by atoms with Gasteiger partial charge in [0.25, 0.3) is 5.91 Å². The van der Waals surface area contributed by atoms with Crippen molar-refractivity contribution >= 4 is 39.9 Å². The number of hydrogen-bond donors (Lipinski definition) is 2. The third-order valence-electron chi connectivity index (χ3n) is 5.16. The van der Waals surface area contributed by atoms with Gasteiger partial charge in [0.15, 0.2) is 5.13 Å². The molecule has 33 heavy (non-hydrogen) atoms. The number of carbonyl (C=O) groups is 2. The molecule has 0 bridgehead atoms. The SMILES string of the molecule is CC(=O)NC(C)c1ccc(-c2csc(NC(=O)c3cnn(-c4cccc(Cl)c4)c3C)n2)cc1. The normalized spacial score (nSPS) is 11.8. The van der Waals surface area contributed by atoms with Gasteiger partial charge in [-0.15, -0.1) is 11.3 Å². The van der Waals surface area contributed by atoms with Crippen LogP contribution in [0.4, 0.5) is 5.13 Å². The van der Waals surface area contributed by atoms with Crippen molar-refractivity contribution in [2.75, 3.05) is 5.32 Å². The number of nitrogens with zero attached hydrogens (tertiary/aromatic N) is 3. The number of aromatic nitrogens is 3. The van der Waals surface area contributed by atoms with E-state index >= 15 is 0 Å². The summed E-state index contributed by atoms with van der Waals surface area (Å²) < 4.78 is 1.68. The first-order chi connectivity index (χ1) is 15.8. The maximum atomic E-state index is 12.8. The number of thiazole rings is 1. The van der Waals surface area contributed by atoms with Gasteiger partial charge in [-0.05, 0) is 37.6 Å². The van der Waals surface area contributed by atoms with Gasteiger partial charge in [-0.3, -0.25) is 14.9 Å². The van der Waals surface area contributed by atoms with Crippen molar-refractivity contribution in [1.82, 2.24) is 20.1 Å². The fourth-order valence-corrected chi connectivity index (χ4v) is 4.36. The smallest absolute Gasteiger partial charge is 0.260 e. The van der Waals surface area contributed by atoms with E-state index in [0.29, 0.717) is 21.4 Å². The van der Waals surface area contributed by atoms with E-state index < -0.39 is 0 Å². The van der Waals surface area contributed by atoms with Crippen LogP contribution in [0.5, 0.6) is 0 Å². The van der Waals surface area contributed by atoms with Gasteiger partial charge in [0, 0.05) is 22.9 Å². The molecule has 2 amide bonds. The molecule has 0 fully saturated rings. The Hall–Kier alpha value is -3.49. The number of hydrogen-bond acceptors (Lipinski definition) is 5. The average molecular weight is 480 g/mol. The van der Waals surface area contributed by atoms with Crippen molar-refractivity contribution in [3.05, 3.63) is 82.0 Å². The molecule has 0 aliphatic heterocycles. The maximum absolute atomic E-state index is 12.8. The van der Waals surface area contributed by atoms with E-state index in [-0.39, 0.29) is 17.9 Å². The number of rotatable bonds is 6. The zero-order valence-corrected chi connectivity index (χ0v) is 19.9. The van der Waals surface area contributed by atoms with Crippen molar-refractivity contribution in [3.63, 3.8) is 0 Å². The van der Waals surface area contributed by atoms with Crippen LogP contribution in [0.1, 0.15) is 41.5 Å². The Balaban J connectivity index is 1.47. The number of anilines is 1. The van der Waals surface area contributed by atoms with Crippen LogP contribution in [0.2, 0.25) is 5.02 Å². The Kier molecular flexibility index (Phi) is 6.57. The molecule has 9 heteroatoms. The van der Waals surface area contributed by atoms with E-state index in [1.807, 2.05) is 55.6 Å². The van der Waals surface area contributed by atoms with Gasteiger partial charge in [-0.1, -0.05) is 41.9 Å².